The van der Waals surface area contributed by atoms with Gasteiger partial charge in [0.15, 0.2) is 0 Å². The lowest BCUT2D eigenvalue weighted by molar-refractivity contribution is -0.131. The van der Waals surface area contributed by atoms with Gasteiger partial charge in [0.05, 0.1) is 17.3 Å². The van der Waals surface area contributed by atoms with Gasteiger partial charge < -0.3 is 14.9 Å². The number of hydrogen-bond acceptors (Lipinski definition) is 3. The summed E-state index contributed by atoms with van der Waals surface area (Å²) in [6.45, 7) is 9.57. The summed E-state index contributed by atoms with van der Waals surface area (Å²) in [4.78, 5) is 10.6. The van der Waals surface area contributed by atoms with Gasteiger partial charge in [-0.05, 0) is 66.7 Å². The van der Waals surface area contributed by atoms with Crippen LogP contribution in [0.1, 0.15) is 66.7 Å². The average Bonchev–Trinajstić information content (AvgIpc) is 2.80. The molecule has 0 aromatic heterocycles. The van der Waals surface area contributed by atoms with Crippen molar-refractivity contribution in [3.63, 3.8) is 0 Å². The number of carboxylic acids is 1. The van der Waals surface area contributed by atoms with Crippen molar-refractivity contribution in [1.82, 2.24) is 0 Å². The van der Waals surface area contributed by atoms with Gasteiger partial charge in [-0.15, -0.1) is 0 Å². The van der Waals surface area contributed by atoms with Crippen LogP contribution in [-0.2, 0) is 9.53 Å². The fourth-order valence-corrected chi connectivity index (χ4v) is 2.89. The van der Waals surface area contributed by atoms with Gasteiger partial charge in [0.1, 0.15) is 0 Å². The minimum Gasteiger partial charge on any atom is -0.478 e. The number of aliphatic hydroxyl groups is 1. The van der Waals surface area contributed by atoms with Crippen molar-refractivity contribution in [2.75, 3.05) is 0 Å². The molecule has 4 nitrogen and oxygen atoms in total. The van der Waals surface area contributed by atoms with Crippen molar-refractivity contribution >= 4 is 5.97 Å². The molecule has 1 heterocycles. The highest BCUT2D eigenvalue weighted by Gasteiger charge is 2.40. The third-order valence-corrected chi connectivity index (χ3v) is 4.41. The summed E-state index contributed by atoms with van der Waals surface area (Å²) < 4.78 is 6.03. The second-order valence-corrected chi connectivity index (χ2v) is 7.64. The molecule has 2 N–H and O–H groups in total. The largest absolute Gasteiger partial charge is 0.478 e. The summed E-state index contributed by atoms with van der Waals surface area (Å²) >= 11 is 0. The lowest BCUT2D eigenvalue weighted by Crippen LogP contribution is -2.37. The summed E-state index contributed by atoms with van der Waals surface area (Å²) in [6, 6.07) is 0. The van der Waals surface area contributed by atoms with Crippen molar-refractivity contribution in [3.8, 4) is 0 Å². The first-order valence-corrected chi connectivity index (χ1v) is 8.65. The van der Waals surface area contributed by atoms with Gasteiger partial charge in [0.2, 0.25) is 0 Å². The SMILES string of the molecule is CC(=CCCC(C)=CC(=O)O)CC=CC1(C)CCC(C(C)(C)O)O1. The minimum atomic E-state index is -0.884. The van der Waals surface area contributed by atoms with Crippen molar-refractivity contribution in [2.24, 2.45) is 0 Å². The van der Waals surface area contributed by atoms with Crippen LogP contribution >= 0.6 is 0 Å². The maximum absolute atomic E-state index is 10.6. The number of carboxylic acid groups (broad SMARTS) is 1. The van der Waals surface area contributed by atoms with E-state index >= 15 is 0 Å². The normalized spacial score (nSPS) is 26.3. The van der Waals surface area contributed by atoms with E-state index < -0.39 is 11.6 Å². The first-order chi connectivity index (χ1) is 11.0. The molecule has 0 radical (unpaired) electrons. The van der Waals surface area contributed by atoms with Crippen molar-refractivity contribution in [1.29, 1.82) is 0 Å². The second kappa shape index (κ2) is 8.63. The molecule has 0 aliphatic carbocycles. The fourth-order valence-electron chi connectivity index (χ4n) is 2.89. The highest BCUT2D eigenvalue weighted by atomic mass is 16.5. The van der Waals surface area contributed by atoms with E-state index in [-0.39, 0.29) is 11.7 Å². The van der Waals surface area contributed by atoms with Gasteiger partial charge >= 0.3 is 5.97 Å². The van der Waals surface area contributed by atoms with Crippen molar-refractivity contribution in [2.45, 2.75) is 84.0 Å². The molecule has 1 saturated heterocycles. The molecule has 0 saturated carbocycles. The van der Waals surface area contributed by atoms with E-state index in [1.165, 1.54) is 11.6 Å². The average molecular weight is 336 g/mol. The summed E-state index contributed by atoms with van der Waals surface area (Å²) in [6.07, 6.45) is 11.8. The molecule has 0 spiro atoms. The molecule has 1 rings (SSSR count). The van der Waals surface area contributed by atoms with Crippen molar-refractivity contribution < 1.29 is 19.7 Å². The van der Waals surface area contributed by atoms with Gasteiger partial charge in [-0.2, -0.15) is 0 Å². The van der Waals surface area contributed by atoms with Crippen LogP contribution in [0.25, 0.3) is 0 Å². The Morgan fingerprint density at radius 1 is 1.33 bits per heavy atom. The lowest BCUT2D eigenvalue weighted by atomic mass is 9.96. The summed E-state index contributed by atoms with van der Waals surface area (Å²) in [5.74, 6) is -0.884. The first-order valence-electron chi connectivity index (χ1n) is 8.65. The van der Waals surface area contributed by atoms with E-state index in [0.29, 0.717) is 0 Å². The van der Waals surface area contributed by atoms with Gasteiger partial charge in [0, 0.05) is 6.08 Å². The van der Waals surface area contributed by atoms with Crippen LogP contribution in [0.3, 0.4) is 0 Å². The predicted octanol–water partition coefficient (Wildman–Crippen LogP) is 4.40. The number of ether oxygens (including phenoxy) is 1. The molecular weight excluding hydrogens is 304 g/mol. The van der Waals surface area contributed by atoms with Gasteiger partial charge in [0.25, 0.3) is 0 Å². The molecule has 1 aliphatic heterocycles. The van der Waals surface area contributed by atoms with Crippen LogP contribution in [0, 0.1) is 0 Å². The standard InChI is InChI=1S/C20H32O4/c1-15(8-6-9-16(2)14-18(21)22)10-7-12-20(5)13-11-17(24-20)19(3,4)23/h7-8,12,14,17,23H,6,9-11,13H2,1-5H3,(H,21,22). The van der Waals surface area contributed by atoms with Crippen LogP contribution in [-0.4, -0.2) is 33.5 Å². The van der Waals surface area contributed by atoms with Crippen LogP contribution in [0.5, 0.6) is 0 Å². The zero-order chi connectivity index (χ0) is 18.4. The lowest BCUT2D eigenvalue weighted by Gasteiger charge is -2.28. The Labute approximate surface area is 145 Å². The zero-order valence-corrected chi connectivity index (χ0v) is 15.6. The fraction of sp³-hybridized carbons (Fsp3) is 0.650. The van der Waals surface area contributed by atoms with E-state index in [9.17, 15) is 9.90 Å². The smallest absolute Gasteiger partial charge is 0.328 e. The van der Waals surface area contributed by atoms with E-state index in [0.717, 1.165) is 37.7 Å². The maximum atomic E-state index is 10.6. The second-order valence-electron chi connectivity index (χ2n) is 7.64. The molecule has 0 amide bonds. The van der Waals surface area contributed by atoms with Crippen LogP contribution < -0.4 is 0 Å². The third-order valence-electron chi connectivity index (χ3n) is 4.41. The molecule has 0 aromatic rings. The summed E-state index contributed by atoms with van der Waals surface area (Å²) in [5.41, 5.74) is 1.04. The Balaban J connectivity index is 2.43. The molecule has 0 aromatic carbocycles. The van der Waals surface area contributed by atoms with Crippen LogP contribution in [0.2, 0.25) is 0 Å². The predicted molar refractivity (Wildman–Crippen MR) is 97.0 cm³/mol. The minimum absolute atomic E-state index is 0.118. The third kappa shape index (κ3) is 7.45. The molecule has 1 aliphatic rings. The molecule has 2 atom stereocenters. The van der Waals surface area contributed by atoms with Gasteiger partial charge in [-0.3, -0.25) is 0 Å². The summed E-state index contributed by atoms with van der Waals surface area (Å²) in [5, 5.41) is 18.7. The zero-order valence-electron chi connectivity index (χ0n) is 15.6. The van der Waals surface area contributed by atoms with Crippen molar-refractivity contribution in [3.05, 3.63) is 35.5 Å². The Bertz CT molecular complexity index is 522. The van der Waals surface area contributed by atoms with Gasteiger partial charge in [-0.1, -0.05) is 29.4 Å². The van der Waals surface area contributed by atoms with E-state index in [2.05, 4.69) is 32.1 Å². The Morgan fingerprint density at radius 2 is 2.00 bits per heavy atom. The summed E-state index contributed by atoms with van der Waals surface area (Å²) in [7, 11) is 0. The number of allylic oxidation sites excluding steroid dienone is 4. The number of rotatable bonds is 8. The highest BCUT2D eigenvalue weighted by molar-refractivity contribution is 5.80. The molecule has 0 bridgehead atoms. The topological polar surface area (TPSA) is 66.8 Å². The number of aliphatic carboxylic acids is 1. The Kier molecular flexibility index (Phi) is 7.43. The maximum Gasteiger partial charge on any atom is 0.328 e. The Morgan fingerprint density at radius 3 is 2.54 bits per heavy atom. The van der Waals surface area contributed by atoms with E-state index in [4.69, 9.17) is 9.84 Å². The van der Waals surface area contributed by atoms with Crippen LogP contribution in [0.4, 0.5) is 0 Å². The highest BCUT2D eigenvalue weighted by Crippen LogP contribution is 2.36. The first kappa shape index (κ1) is 20.7. The van der Waals surface area contributed by atoms with Crippen LogP contribution in [0.15, 0.2) is 35.5 Å². The monoisotopic (exact) mass is 336 g/mol. The van der Waals surface area contributed by atoms with E-state index in [1.54, 1.807) is 13.8 Å². The number of carbonyl (C=O) groups is 1. The molecule has 4 heteroatoms. The quantitative estimate of drug-likeness (QED) is 0.509. The molecule has 136 valence electrons. The molecular formula is C20H32O4. The van der Waals surface area contributed by atoms with E-state index in [1.807, 2.05) is 6.92 Å². The van der Waals surface area contributed by atoms with Gasteiger partial charge in [-0.25, -0.2) is 4.79 Å². The molecule has 24 heavy (non-hydrogen) atoms. The molecule has 2 unspecified atom stereocenters. The Hall–Kier alpha value is -1.39. The number of hydrogen-bond donors (Lipinski definition) is 2. The molecule has 1 fully saturated rings.